The Kier molecular flexibility index (Phi) is 5.34. The maximum absolute atomic E-state index is 4.47. The summed E-state index contributed by atoms with van der Waals surface area (Å²) in [6, 6.07) is 2.01. The molecule has 0 aromatic carbocycles. The third-order valence-electron chi connectivity index (χ3n) is 4.93. The quantitative estimate of drug-likeness (QED) is 0.718. The monoisotopic (exact) mass is 364 g/mol. The zero-order valence-electron chi connectivity index (χ0n) is 15.5. The van der Waals surface area contributed by atoms with Gasteiger partial charge in [-0.1, -0.05) is 0 Å². The number of anilines is 2. The van der Waals surface area contributed by atoms with Gasteiger partial charge in [0, 0.05) is 50.1 Å². The summed E-state index contributed by atoms with van der Waals surface area (Å²) in [4.78, 5) is 24.0. The fraction of sp³-hybridized carbons (Fsp3) is 0.421. The highest BCUT2D eigenvalue weighted by Gasteiger charge is 2.21. The first-order chi connectivity index (χ1) is 13.3. The highest BCUT2D eigenvalue weighted by molar-refractivity contribution is 5.49. The van der Waals surface area contributed by atoms with E-state index < -0.39 is 0 Å². The Morgan fingerprint density at radius 3 is 2.89 bits per heavy atom. The van der Waals surface area contributed by atoms with Gasteiger partial charge >= 0.3 is 0 Å². The summed E-state index contributed by atoms with van der Waals surface area (Å²) in [6.45, 7) is 3.11. The van der Waals surface area contributed by atoms with Crippen molar-refractivity contribution < 1.29 is 0 Å². The SMILES string of the molecule is Cn1ccnc1CN1CCC[C@@H](Cc2cc(Nc3cnccn3)ncn2)C1. The van der Waals surface area contributed by atoms with Crippen molar-refractivity contribution in [1.29, 1.82) is 0 Å². The lowest BCUT2D eigenvalue weighted by Gasteiger charge is -2.32. The van der Waals surface area contributed by atoms with Crippen molar-refractivity contribution in [2.75, 3.05) is 18.4 Å². The van der Waals surface area contributed by atoms with Crippen molar-refractivity contribution in [3.05, 3.63) is 54.9 Å². The van der Waals surface area contributed by atoms with Gasteiger partial charge in [0.15, 0.2) is 0 Å². The van der Waals surface area contributed by atoms with Gasteiger partial charge in [-0.2, -0.15) is 0 Å². The summed E-state index contributed by atoms with van der Waals surface area (Å²) in [5.41, 5.74) is 1.06. The number of piperidine rings is 1. The van der Waals surface area contributed by atoms with Gasteiger partial charge in [-0.25, -0.2) is 19.9 Å². The van der Waals surface area contributed by atoms with Crippen LogP contribution in [-0.2, 0) is 20.0 Å². The lowest BCUT2D eigenvalue weighted by atomic mass is 9.93. The molecule has 1 aliphatic rings. The fourth-order valence-electron chi connectivity index (χ4n) is 3.58. The highest BCUT2D eigenvalue weighted by atomic mass is 15.2. The minimum absolute atomic E-state index is 0.596. The molecule has 3 aromatic heterocycles. The molecule has 0 amide bonds. The number of hydrogen-bond donors (Lipinski definition) is 1. The van der Waals surface area contributed by atoms with Crippen LogP contribution in [0.5, 0.6) is 0 Å². The zero-order valence-corrected chi connectivity index (χ0v) is 15.5. The van der Waals surface area contributed by atoms with E-state index >= 15 is 0 Å². The first-order valence-corrected chi connectivity index (χ1v) is 9.29. The molecule has 1 aliphatic heterocycles. The van der Waals surface area contributed by atoms with Crippen LogP contribution in [0.2, 0.25) is 0 Å². The number of imidazole rings is 1. The second kappa shape index (κ2) is 8.22. The molecule has 1 fully saturated rings. The third kappa shape index (κ3) is 4.65. The van der Waals surface area contributed by atoms with Gasteiger partial charge in [0.2, 0.25) is 0 Å². The number of aryl methyl sites for hydroxylation is 1. The minimum atomic E-state index is 0.596. The number of nitrogens with one attached hydrogen (secondary N) is 1. The van der Waals surface area contributed by atoms with E-state index in [1.54, 1.807) is 24.9 Å². The van der Waals surface area contributed by atoms with E-state index in [-0.39, 0.29) is 0 Å². The van der Waals surface area contributed by atoms with E-state index in [9.17, 15) is 0 Å². The Morgan fingerprint density at radius 2 is 2.07 bits per heavy atom. The molecular formula is C19H24N8. The molecule has 1 saturated heterocycles. The molecule has 3 aromatic rings. The molecule has 0 saturated carbocycles. The van der Waals surface area contributed by atoms with Gasteiger partial charge in [-0.15, -0.1) is 0 Å². The predicted octanol–water partition coefficient (Wildman–Crippen LogP) is 2.20. The van der Waals surface area contributed by atoms with E-state index in [0.29, 0.717) is 11.7 Å². The molecular weight excluding hydrogens is 340 g/mol. The molecule has 4 heterocycles. The predicted molar refractivity (Wildman–Crippen MR) is 102 cm³/mol. The van der Waals surface area contributed by atoms with Crippen molar-refractivity contribution in [2.45, 2.75) is 25.8 Å². The standard InChI is InChI=1S/C19H24N8/c1-26-8-6-22-19(26)13-27-7-2-3-15(12-27)9-16-10-17(24-14-23-16)25-18-11-20-4-5-21-18/h4-6,8,10-11,14-15H,2-3,7,9,12-13H2,1H3,(H,21,23,24,25)/t15-/m0/s1. The van der Waals surface area contributed by atoms with Crippen LogP contribution in [0.1, 0.15) is 24.4 Å². The molecule has 8 nitrogen and oxygen atoms in total. The number of hydrogen-bond acceptors (Lipinski definition) is 7. The van der Waals surface area contributed by atoms with Gasteiger partial charge in [0.1, 0.15) is 23.8 Å². The number of aromatic nitrogens is 6. The van der Waals surface area contributed by atoms with Crippen LogP contribution >= 0.6 is 0 Å². The molecule has 0 spiro atoms. The molecule has 0 unspecified atom stereocenters. The molecule has 140 valence electrons. The van der Waals surface area contributed by atoms with E-state index in [1.165, 1.54) is 12.8 Å². The van der Waals surface area contributed by atoms with Crippen LogP contribution in [0.25, 0.3) is 0 Å². The smallest absolute Gasteiger partial charge is 0.150 e. The molecule has 4 rings (SSSR count). The van der Waals surface area contributed by atoms with Gasteiger partial charge < -0.3 is 9.88 Å². The summed E-state index contributed by atoms with van der Waals surface area (Å²) in [5, 5.41) is 3.18. The van der Waals surface area contributed by atoms with Crippen LogP contribution in [0.4, 0.5) is 11.6 Å². The molecule has 1 N–H and O–H groups in total. The normalized spacial score (nSPS) is 17.7. The van der Waals surface area contributed by atoms with Crippen molar-refractivity contribution in [2.24, 2.45) is 13.0 Å². The fourth-order valence-corrected chi connectivity index (χ4v) is 3.58. The average molecular weight is 364 g/mol. The van der Waals surface area contributed by atoms with Crippen LogP contribution in [0.15, 0.2) is 43.4 Å². The second-order valence-corrected chi connectivity index (χ2v) is 7.01. The summed E-state index contributed by atoms with van der Waals surface area (Å²) in [5.74, 6) is 3.15. The van der Waals surface area contributed by atoms with Crippen LogP contribution in [0.3, 0.4) is 0 Å². The van der Waals surface area contributed by atoms with Crippen molar-refractivity contribution in [3.63, 3.8) is 0 Å². The van der Waals surface area contributed by atoms with Gasteiger partial charge in [-0.05, 0) is 31.7 Å². The van der Waals surface area contributed by atoms with E-state index in [1.807, 2.05) is 18.5 Å². The molecule has 0 radical (unpaired) electrons. The third-order valence-corrected chi connectivity index (χ3v) is 4.93. The maximum Gasteiger partial charge on any atom is 0.150 e. The second-order valence-electron chi connectivity index (χ2n) is 7.01. The largest absolute Gasteiger partial charge is 0.337 e. The van der Waals surface area contributed by atoms with E-state index in [2.05, 4.69) is 46.8 Å². The number of nitrogens with zero attached hydrogens (tertiary/aromatic N) is 7. The van der Waals surface area contributed by atoms with Gasteiger partial charge in [0.05, 0.1) is 12.7 Å². The Hall–Kier alpha value is -2.87. The number of rotatable bonds is 6. The minimum Gasteiger partial charge on any atom is -0.337 e. The summed E-state index contributed by atoms with van der Waals surface area (Å²) in [7, 11) is 2.05. The van der Waals surface area contributed by atoms with Crippen molar-refractivity contribution in [1.82, 2.24) is 34.4 Å². The first-order valence-electron chi connectivity index (χ1n) is 9.29. The first kappa shape index (κ1) is 17.5. The van der Waals surface area contributed by atoms with Gasteiger partial charge in [-0.3, -0.25) is 9.88 Å². The lowest BCUT2D eigenvalue weighted by Crippen LogP contribution is -2.36. The number of likely N-dealkylation sites (tertiary alicyclic amines) is 1. The van der Waals surface area contributed by atoms with Crippen LogP contribution in [-0.4, -0.2) is 47.5 Å². The lowest BCUT2D eigenvalue weighted by molar-refractivity contribution is 0.161. The van der Waals surface area contributed by atoms with Crippen molar-refractivity contribution in [3.8, 4) is 0 Å². The van der Waals surface area contributed by atoms with Crippen LogP contribution in [0, 0.1) is 5.92 Å². The van der Waals surface area contributed by atoms with Crippen LogP contribution < -0.4 is 5.32 Å². The highest BCUT2D eigenvalue weighted by Crippen LogP contribution is 2.22. The Bertz CT molecular complexity index is 863. The Morgan fingerprint density at radius 1 is 1.11 bits per heavy atom. The van der Waals surface area contributed by atoms with Gasteiger partial charge in [0.25, 0.3) is 0 Å². The van der Waals surface area contributed by atoms with E-state index in [4.69, 9.17) is 0 Å². The Balaban J connectivity index is 1.37. The topological polar surface area (TPSA) is 84.7 Å². The maximum atomic E-state index is 4.47. The zero-order chi connectivity index (χ0) is 18.5. The summed E-state index contributed by atoms with van der Waals surface area (Å²) < 4.78 is 2.10. The summed E-state index contributed by atoms with van der Waals surface area (Å²) >= 11 is 0. The Labute approximate surface area is 158 Å². The molecule has 1 atom stereocenters. The van der Waals surface area contributed by atoms with E-state index in [0.717, 1.165) is 43.4 Å². The molecule has 27 heavy (non-hydrogen) atoms. The molecule has 8 heteroatoms. The molecule has 0 bridgehead atoms. The molecule has 0 aliphatic carbocycles. The average Bonchev–Trinajstić information content (AvgIpc) is 3.08. The summed E-state index contributed by atoms with van der Waals surface area (Å²) in [6.07, 6.45) is 13.9. The van der Waals surface area contributed by atoms with Crippen molar-refractivity contribution >= 4 is 11.6 Å².